The molecule has 2 aromatic heterocycles. The van der Waals surface area contributed by atoms with Gasteiger partial charge in [-0.25, -0.2) is 4.68 Å². The number of amides is 1. The SMILES string of the molecule is O=C(Cn1ncc(Cl)c(Cl)c1=O)Nc1cccc2nsnc12. The van der Waals surface area contributed by atoms with Crippen molar-refractivity contribution in [2.24, 2.45) is 0 Å². The number of halogens is 2. The molecular weight excluding hydrogens is 349 g/mol. The lowest BCUT2D eigenvalue weighted by Crippen LogP contribution is -2.29. The summed E-state index contributed by atoms with van der Waals surface area (Å²) in [6.07, 6.45) is 1.21. The topological polar surface area (TPSA) is 89.8 Å². The predicted molar refractivity (Wildman–Crippen MR) is 84.6 cm³/mol. The molecule has 0 aliphatic rings. The van der Waals surface area contributed by atoms with Crippen LogP contribution in [0.2, 0.25) is 10.0 Å². The summed E-state index contributed by atoms with van der Waals surface area (Å²) in [4.78, 5) is 23.9. The Morgan fingerprint density at radius 2 is 2.14 bits per heavy atom. The maximum atomic E-state index is 12.1. The van der Waals surface area contributed by atoms with Gasteiger partial charge in [-0.3, -0.25) is 9.59 Å². The maximum absolute atomic E-state index is 12.1. The first-order chi connectivity index (χ1) is 10.6. The van der Waals surface area contributed by atoms with E-state index in [-0.39, 0.29) is 16.6 Å². The minimum atomic E-state index is -0.627. The standard InChI is InChI=1S/C12H7Cl2N5O2S/c13-6-4-15-19(12(21)10(6)14)5-9(20)16-7-2-1-3-8-11(7)18-22-17-8/h1-4H,5H2,(H,16,20). The first kappa shape index (κ1) is 14.9. The van der Waals surface area contributed by atoms with Crippen LogP contribution in [0.15, 0.2) is 29.2 Å². The average molecular weight is 356 g/mol. The summed E-state index contributed by atoms with van der Waals surface area (Å²) >= 11 is 12.5. The van der Waals surface area contributed by atoms with E-state index < -0.39 is 11.5 Å². The minimum Gasteiger partial charge on any atom is -0.322 e. The number of nitrogens with zero attached hydrogens (tertiary/aromatic N) is 4. The minimum absolute atomic E-state index is 0.0432. The van der Waals surface area contributed by atoms with Gasteiger partial charge in [-0.05, 0) is 12.1 Å². The zero-order valence-electron chi connectivity index (χ0n) is 10.8. The third-order valence-corrected chi connectivity index (χ3v) is 4.09. The molecule has 0 unspecified atom stereocenters. The van der Waals surface area contributed by atoms with Crippen molar-refractivity contribution >= 4 is 57.6 Å². The molecule has 0 aliphatic heterocycles. The van der Waals surface area contributed by atoms with E-state index >= 15 is 0 Å². The van der Waals surface area contributed by atoms with Gasteiger partial charge in [-0.2, -0.15) is 13.8 Å². The highest BCUT2D eigenvalue weighted by Crippen LogP contribution is 2.21. The van der Waals surface area contributed by atoms with Crippen molar-refractivity contribution < 1.29 is 4.79 Å². The summed E-state index contributed by atoms with van der Waals surface area (Å²) < 4.78 is 9.13. The fourth-order valence-corrected chi connectivity index (χ4v) is 2.61. The molecule has 22 heavy (non-hydrogen) atoms. The van der Waals surface area contributed by atoms with E-state index in [4.69, 9.17) is 23.2 Å². The Balaban J connectivity index is 1.83. The molecule has 0 spiro atoms. The van der Waals surface area contributed by atoms with Gasteiger partial charge in [0.05, 0.1) is 28.6 Å². The van der Waals surface area contributed by atoms with Gasteiger partial charge in [-0.1, -0.05) is 29.3 Å². The predicted octanol–water partition coefficient (Wildman–Crippen LogP) is 2.19. The number of carbonyl (C=O) groups is 1. The summed E-state index contributed by atoms with van der Waals surface area (Å²) in [5.74, 6) is -0.437. The van der Waals surface area contributed by atoms with Crippen molar-refractivity contribution in [3.8, 4) is 0 Å². The van der Waals surface area contributed by atoms with Gasteiger partial charge in [0, 0.05) is 0 Å². The van der Waals surface area contributed by atoms with Crippen LogP contribution in [-0.4, -0.2) is 24.4 Å². The van der Waals surface area contributed by atoms with Crippen molar-refractivity contribution in [3.05, 3.63) is 44.8 Å². The second kappa shape index (κ2) is 5.99. The van der Waals surface area contributed by atoms with Gasteiger partial charge in [0.1, 0.15) is 22.6 Å². The molecule has 112 valence electrons. The van der Waals surface area contributed by atoms with Crippen molar-refractivity contribution in [2.45, 2.75) is 6.54 Å². The van der Waals surface area contributed by atoms with Crippen LogP contribution in [-0.2, 0) is 11.3 Å². The lowest BCUT2D eigenvalue weighted by atomic mass is 10.2. The Bertz CT molecular complexity index is 923. The van der Waals surface area contributed by atoms with E-state index in [2.05, 4.69) is 19.2 Å². The molecule has 2 heterocycles. The van der Waals surface area contributed by atoms with Gasteiger partial charge >= 0.3 is 0 Å². The monoisotopic (exact) mass is 355 g/mol. The van der Waals surface area contributed by atoms with Crippen molar-refractivity contribution in [3.63, 3.8) is 0 Å². The fourth-order valence-electron chi connectivity index (χ4n) is 1.79. The zero-order chi connectivity index (χ0) is 15.7. The second-order valence-corrected chi connectivity index (χ2v) is 5.57. The quantitative estimate of drug-likeness (QED) is 0.777. The Morgan fingerprint density at radius 1 is 1.32 bits per heavy atom. The van der Waals surface area contributed by atoms with Gasteiger partial charge < -0.3 is 5.32 Å². The van der Waals surface area contributed by atoms with E-state index in [0.717, 1.165) is 16.4 Å². The molecule has 0 radical (unpaired) electrons. The van der Waals surface area contributed by atoms with E-state index in [1.54, 1.807) is 18.2 Å². The molecule has 0 bridgehead atoms. The third-order valence-electron chi connectivity index (χ3n) is 2.80. The van der Waals surface area contributed by atoms with Gasteiger partial charge in [0.2, 0.25) is 5.91 Å². The number of fused-ring (bicyclic) bond motifs is 1. The highest BCUT2D eigenvalue weighted by molar-refractivity contribution is 7.00. The fraction of sp³-hybridized carbons (Fsp3) is 0.0833. The van der Waals surface area contributed by atoms with Crippen molar-refractivity contribution in [1.82, 2.24) is 18.5 Å². The van der Waals surface area contributed by atoms with E-state index in [1.807, 2.05) is 0 Å². The Hall–Kier alpha value is -2.03. The van der Waals surface area contributed by atoms with Crippen LogP contribution in [0.5, 0.6) is 0 Å². The molecule has 0 saturated heterocycles. The molecule has 0 fully saturated rings. The molecule has 1 aromatic carbocycles. The van der Waals surface area contributed by atoms with Crippen LogP contribution in [0.3, 0.4) is 0 Å². The first-order valence-corrected chi connectivity index (χ1v) is 7.47. The number of rotatable bonds is 3. The normalized spacial score (nSPS) is 10.8. The van der Waals surface area contributed by atoms with Gasteiger partial charge in [0.25, 0.3) is 5.56 Å². The highest BCUT2D eigenvalue weighted by Gasteiger charge is 2.13. The molecule has 1 amide bonds. The number of anilines is 1. The first-order valence-electron chi connectivity index (χ1n) is 5.98. The molecule has 0 aliphatic carbocycles. The molecule has 3 rings (SSSR count). The lowest BCUT2D eigenvalue weighted by molar-refractivity contribution is -0.117. The van der Waals surface area contributed by atoms with Crippen molar-refractivity contribution in [1.29, 1.82) is 0 Å². The number of nitrogens with one attached hydrogen (secondary N) is 1. The summed E-state index contributed by atoms with van der Waals surface area (Å²) in [5, 5.41) is 6.32. The Labute approximate surface area is 137 Å². The van der Waals surface area contributed by atoms with Crippen LogP contribution < -0.4 is 10.9 Å². The molecule has 10 heteroatoms. The molecular formula is C12H7Cl2N5O2S. The Morgan fingerprint density at radius 3 is 2.95 bits per heavy atom. The summed E-state index contributed by atoms with van der Waals surface area (Å²) in [6, 6.07) is 5.25. The van der Waals surface area contributed by atoms with Crippen LogP contribution in [0.25, 0.3) is 11.0 Å². The van der Waals surface area contributed by atoms with Crippen LogP contribution in [0.4, 0.5) is 5.69 Å². The van der Waals surface area contributed by atoms with Crippen LogP contribution in [0, 0.1) is 0 Å². The largest absolute Gasteiger partial charge is 0.322 e. The molecule has 0 atom stereocenters. The van der Waals surface area contributed by atoms with Crippen LogP contribution in [0.1, 0.15) is 0 Å². The summed E-state index contributed by atoms with van der Waals surface area (Å²) in [6.45, 7) is -0.288. The Kier molecular flexibility index (Phi) is 4.06. The molecule has 3 aromatic rings. The molecule has 0 saturated carbocycles. The number of carbonyl (C=O) groups excluding carboxylic acids is 1. The molecule has 1 N–H and O–H groups in total. The third kappa shape index (κ3) is 2.80. The second-order valence-electron chi connectivity index (χ2n) is 4.25. The summed E-state index contributed by atoms with van der Waals surface area (Å²) in [7, 11) is 0. The van der Waals surface area contributed by atoms with Gasteiger partial charge in [0.15, 0.2) is 0 Å². The van der Waals surface area contributed by atoms with Crippen molar-refractivity contribution in [2.75, 3.05) is 5.32 Å². The number of aromatic nitrogens is 4. The smallest absolute Gasteiger partial charge is 0.287 e. The maximum Gasteiger partial charge on any atom is 0.287 e. The van der Waals surface area contributed by atoms with E-state index in [0.29, 0.717) is 16.7 Å². The number of hydrogen-bond acceptors (Lipinski definition) is 6. The summed E-state index contributed by atoms with van der Waals surface area (Å²) in [5.41, 5.74) is 1.17. The molecule has 7 nitrogen and oxygen atoms in total. The van der Waals surface area contributed by atoms with E-state index in [9.17, 15) is 9.59 Å². The average Bonchev–Trinajstić information content (AvgIpc) is 2.97. The number of hydrogen-bond donors (Lipinski definition) is 1. The number of benzene rings is 1. The van der Waals surface area contributed by atoms with E-state index in [1.165, 1.54) is 6.20 Å². The highest BCUT2D eigenvalue weighted by atomic mass is 35.5. The lowest BCUT2D eigenvalue weighted by Gasteiger charge is -2.07. The zero-order valence-corrected chi connectivity index (χ0v) is 13.1. The van der Waals surface area contributed by atoms with Crippen LogP contribution >= 0.6 is 34.9 Å². The van der Waals surface area contributed by atoms with Gasteiger partial charge in [-0.15, -0.1) is 0 Å².